The third-order valence-electron chi connectivity index (χ3n) is 3.39. The number of hydrogen-bond donors (Lipinski definition) is 0. The van der Waals surface area contributed by atoms with E-state index in [1.807, 2.05) is 49.4 Å². The van der Waals surface area contributed by atoms with Crippen molar-refractivity contribution < 1.29 is 9.47 Å². The lowest BCUT2D eigenvalue weighted by Gasteiger charge is -2.09. The Morgan fingerprint density at radius 1 is 1.12 bits per heavy atom. The molecule has 2 aromatic carbocycles. The maximum atomic E-state index is 6.00. The van der Waals surface area contributed by atoms with Gasteiger partial charge in [0.15, 0.2) is 11.5 Å². The first-order chi connectivity index (χ1) is 11.7. The fraction of sp³-hybridized carbons (Fsp3) is 0.235. The Labute approximate surface area is 145 Å². The lowest BCUT2D eigenvalue weighted by atomic mass is 10.2. The molecule has 0 fully saturated rings. The molecule has 6 nitrogen and oxygen atoms in total. The lowest BCUT2D eigenvalue weighted by molar-refractivity contribution is 0.311. The molecule has 124 valence electrons. The van der Waals surface area contributed by atoms with Gasteiger partial charge in [0.05, 0.1) is 20.3 Å². The highest BCUT2D eigenvalue weighted by Gasteiger charge is 2.11. The number of rotatable bonds is 6. The molecule has 0 amide bonds. The van der Waals surface area contributed by atoms with Crippen molar-refractivity contribution in [2.24, 2.45) is 0 Å². The van der Waals surface area contributed by atoms with Crippen molar-refractivity contribution >= 4 is 11.6 Å². The van der Waals surface area contributed by atoms with Gasteiger partial charge in [0.2, 0.25) is 5.82 Å². The molecule has 0 radical (unpaired) electrons. The van der Waals surface area contributed by atoms with Crippen molar-refractivity contribution in [3.63, 3.8) is 0 Å². The predicted molar refractivity (Wildman–Crippen MR) is 91.5 cm³/mol. The molecule has 24 heavy (non-hydrogen) atoms. The van der Waals surface area contributed by atoms with Crippen LogP contribution in [0.15, 0.2) is 42.5 Å². The molecule has 1 heterocycles. The fourth-order valence-electron chi connectivity index (χ4n) is 2.31. The van der Waals surface area contributed by atoms with Crippen LogP contribution in [0.2, 0.25) is 5.02 Å². The maximum absolute atomic E-state index is 6.00. The fourth-order valence-corrected chi connectivity index (χ4v) is 2.52. The van der Waals surface area contributed by atoms with Crippen LogP contribution in [-0.4, -0.2) is 33.9 Å². The standard InChI is InChI=1S/C17H17ClN4O2/c1-3-24-16-10-13(7-8-15(16)23-2)17-19-21-22(20-17)11-12-5-4-6-14(18)9-12/h4-10H,3,11H2,1-2H3. The number of benzene rings is 2. The number of halogens is 1. The summed E-state index contributed by atoms with van der Waals surface area (Å²) in [6.45, 7) is 2.97. The van der Waals surface area contributed by atoms with E-state index in [2.05, 4.69) is 15.4 Å². The number of aromatic nitrogens is 4. The minimum absolute atomic E-state index is 0.502. The molecule has 0 N–H and O–H groups in total. The highest BCUT2D eigenvalue weighted by molar-refractivity contribution is 6.30. The Morgan fingerprint density at radius 3 is 2.75 bits per heavy atom. The van der Waals surface area contributed by atoms with Crippen LogP contribution in [0.1, 0.15) is 12.5 Å². The van der Waals surface area contributed by atoms with Gasteiger partial charge in [-0.05, 0) is 48.0 Å². The zero-order valence-electron chi connectivity index (χ0n) is 13.4. The highest BCUT2D eigenvalue weighted by Crippen LogP contribution is 2.31. The van der Waals surface area contributed by atoms with Crippen molar-refractivity contribution in [1.29, 1.82) is 0 Å². The number of ether oxygens (including phenoxy) is 2. The summed E-state index contributed by atoms with van der Waals surface area (Å²) in [6, 6.07) is 13.1. The van der Waals surface area contributed by atoms with Gasteiger partial charge in [-0.25, -0.2) is 0 Å². The first kappa shape index (κ1) is 16.3. The largest absolute Gasteiger partial charge is 0.493 e. The summed E-state index contributed by atoms with van der Waals surface area (Å²) in [5, 5.41) is 13.3. The Kier molecular flexibility index (Phi) is 4.96. The van der Waals surface area contributed by atoms with Crippen molar-refractivity contribution in [2.75, 3.05) is 13.7 Å². The van der Waals surface area contributed by atoms with Gasteiger partial charge in [0.1, 0.15) is 0 Å². The quantitative estimate of drug-likeness (QED) is 0.685. The van der Waals surface area contributed by atoms with Crippen molar-refractivity contribution in [1.82, 2.24) is 20.2 Å². The molecule has 0 aliphatic carbocycles. The van der Waals surface area contributed by atoms with E-state index in [-0.39, 0.29) is 0 Å². The second-order valence-electron chi connectivity index (χ2n) is 5.07. The molecule has 0 saturated carbocycles. The summed E-state index contributed by atoms with van der Waals surface area (Å²) in [7, 11) is 1.61. The summed E-state index contributed by atoms with van der Waals surface area (Å²) in [5.74, 6) is 1.86. The third-order valence-corrected chi connectivity index (χ3v) is 3.62. The Morgan fingerprint density at radius 2 is 2.00 bits per heavy atom. The Bertz CT molecular complexity index is 835. The van der Waals surface area contributed by atoms with Crippen molar-refractivity contribution in [2.45, 2.75) is 13.5 Å². The SMILES string of the molecule is CCOc1cc(-c2nnn(Cc3cccc(Cl)c3)n2)ccc1OC. The predicted octanol–water partition coefficient (Wildman–Crippen LogP) is 3.45. The second kappa shape index (κ2) is 7.31. The summed E-state index contributed by atoms with van der Waals surface area (Å²) < 4.78 is 10.9. The molecule has 7 heteroatoms. The van der Waals surface area contributed by atoms with Crippen LogP contribution in [0.3, 0.4) is 0 Å². The third kappa shape index (κ3) is 3.65. The van der Waals surface area contributed by atoms with Crippen LogP contribution >= 0.6 is 11.6 Å². The summed E-state index contributed by atoms with van der Waals surface area (Å²) in [6.07, 6.45) is 0. The molecule has 0 aliphatic heterocycles. The van der Waals surface area contributed by atoms with E-state index < -0.39 is 0 Å². The lowest BCUT2D eigenvalue weighted by Crippen LogP contribution is -2.03. The number of tetrazole rings is 1. The first-order valence-electron chi connectivity index (χ1n) is 7.53. The summed E-state index contributed by atoms with van der Waals surface area (Å²) in [4.78, 5) is 1.53. The molecular formula is C17H17ClN4O2. The van der Waals surface area contributed by atoms with Gasteiger partial charge in [-0.1, -0.05) is 23.7 Å². The average molecular weight is 345 g/mol. The van der Waals surface area contributed by atoms with Gasteiger partial charge in [-0.15, -0.1) is 10.2 Å². The monoisotopic (exact) mass is 344 g/mol. The van der Waals surface area contributed by atoms with E-state index >= 15 is 0 Å². The van der Waals surface area contributed by atoms with Crippen LogP contribution in [0.5, 0.6) is 11.5 Å². The summed E-state index contributed by atoms with van der Waals surface area (Å²) in [5.41, 5.74) is 1.83. The molecular weight excluding hydrogens is 328 g/mol. The van der Waals surface area contributed by atoms with Gasteiger partial charge >= 0.3 is 0 Å². The van der Waals surface area contributed by atoms with E-state index in [9.17, 15) is 0 Å². The highest BCUT2D eigenvalue weighted by atomic mass is 35.5. The van der Waals surface area contributed by atoms with Crippen LogP contribution in [-0.2, 0) is 6.54 Å². The molecule has 3 aromatic rings. The normalized spacial score (nSPS) is 10.6. The van der Waals surface area contributed by atoms with E-state index in [1.54, 1.807) is 7.11 Å². The Hall–Kier alpha value is -2.60. The van der Waals surface area contributed by atoms with Crippen molar-refractivity contribution in [3.05, 3.63) is 53.1 Å². The van der Waals surface area contributed by atoms with E-state index in [0.717, 1.165) is 11.1 Å². The van der Waals surface area contributed by atoms with Crippen LogP contribution in [0.25, 0.3) is 11.4 Å². The molecule has 0 atom stereocenters. The van der Waals surface area contributed by atoms with Gasteiger partial charge in [-0.3, -0.25) is 0 Å². The zero-order valence-corrected chi connectivity index (χ0v) is 14.2. The number of methoxy groups -OCH3 is 1. The van der Waals surface area contributed by atoms with Crippen LogP contribution < -0.4 is 9.47 Å². The zero-order chi connectivity index (χ0) is 16.9. The molecule has 0 aliphatic rings. The van der Waals surface area contributed by atoms with Gasteiger partial charge in [-0.2, -0.15) is 4.80 Å². The summed E-state index contributed by atoms with van der Waals surface area (Å²) >= 11 is 6.00. The number of nitrogens with zero attached hydrogens (tertiary/aromatic N) is 4. The molecule has 3 rings (SSSR count). The van der Waals surface area contributed by atoms with E-state index in [1.165, 1.54) is 4.80 Å². The molecule has 1 aromatic heterocycles. The van der Waals surface area contributed by atoms with Gasteiger partial charge in [0, 0.05) is 10.6 Å². The first-order valence-corrected chi connectivity index (χ1v) is 7.91. The Balaban J connectivity index is 1.83. The minimum Gasteiger partial charge on any atom is -0.493 e. The number of hydrogen-bond acceptors (Lipinski definition) is 5. The molecule has 0 spiro atoms. The van der Waals surface area contributed by atoms with Crippen LogP contribution in [0, 0.1) is 0 Å². The van der Waals surface area contributed by atoms with Crippen molar-refractivity contribution in [3.8, 4) is 22.9 Å². The molecule has 0 unspecified atom stereocenters. The smallest absolute Gasteiger partial charge is 0.205 e. The maximum Gasteiger partial charge on any atom is 0.205 e. The second-order valence-corrected chi connectivity index (χ2v) is 5.51. The molecule has 0 saturated heterocycles. The minimum atomic E-state index is 0.502. The van der Waals surface area contributed by atoms with E-state index in [0.29, 0.717) is 35.5 Å². The topological polar surface area (TPSA) is 62.1 Å². The van der Waals surface area contributed by atoms with Crippen LogP contribution in [0.4, 0.5) is 0 Å². The average Bonchev–Trinajstić information content (AvgIpc) is 3.03. The molecule has 0 bridgehead atoms. The van der Waals surface area contributed by atoms with E-state index in [4.69, 9.17) is 21.1 Å². The van der Waals surface area contributed by atoms with Gasteiger partial charge in [0.25, 0.3) is 0 Å². The van der Waals surface area contributed by atoms with Gasteiger partial charge < -0.3 is 9.47 Å².